The van der Waals surface area contributed by atoms with Gasteiger partial charge in [-0.2, -0.15) is 0 Å². The Morgan fingerprint density at radius 3 is 2.47 bits per heavy atom. The van der Waals surface area contributed by atoms with Crippen LogP contribution < -0.4 is 5.73 Å². The van der Waals surface area contributed by atoms with Crippen molar-refractivity contribution in [2.45, 2.75) is 19.4 Å². The van der Waals surface area contributed by atoms with E-state index in [1.807, 2.05) is 30.3 Å². The summed E-state index contributed by atoms with van der Waals surface area (Å²) in [6.07, 6.45) is -0.957. The van der Waals surface area contributed by atoms with Gasteiger partial charge < -0.3 is 15.2 Å². The van der Waals surface area contributed by atoms with Gasteiger partial charge in [-0.1, -0.05) is 30.3 Å². The van der Waals surface area contributed by atoms with Gasteiger partial charge in [0, 0.05) is 13.3 Å². The molecule has 1 aromatic carbocycles. The van der Waals surface area contributed by atoms with Crippen molar-refractivity contribution in [2.24, 2.45) is 5.73 Å². The van der Waals surface area contributed by atoms with Gasteiger partial charge in [-0.05, 0) is 5.56 Å². The first-order chi connectivity index (χ1) is 8.09. The van der Waals surface area contributed by atoms with Gasteiger partial charge in [0.25, 0.3) is 0 Å². The fourth-order valence-corrected chi connectivity index (χ4v) is 1.41. The fourth-order valence-electron chi connectivity index (χ4n) is 1.41. The number of rotatable bonds is 5. The average Bonchev–Trinajstić information content (AvgIpc) is 2.28. The quantitative estimate of drug-likeness (QED) is 0.791. The van der Waals surface area contributed by atoms with Gasteiger partial charge in [-0.25, -0.2) is 4.79 Å². The van der Waals surface area contributed by atoms with Gasteiger partial charge in [-0.3, -0.25) is 4.79 Å². The second-order valence-corrected chi connectivity index (χ2v) is 3.46. The summed E-state index contributed by atoms with van der Waals surface area (Å²) in [6, 6.07) is 9.16. The van der Waals surface area contributed by atoms with E-state index in [1.165, 1.54) is 6.92 Å². The highest BCUT2D eigenvalue weighted by Gasteiger charge is 2.15. The molecule has 0 heterocycles. The first-order valence-electron chi connectivity index (χ1n) is 5.24. The Kier molecular flexibility index (Phi) is 5.00. The number of carbonyl (C=O) groups is 2. The first-order valence-corrected chi connectivity index (χ1v) is 5.24. The van der Waals surface area contributed by atoms with Crippen LogP contribution in [-0.4, -0.2) is 18.7 Å². The summed E-state index contributed by atoms with van der Waals surface area (Å²) in [5.41, 5.74) is 5.81. The lowest BCUT2D eigenvalue weighted by Crippen LogP contribution is -2.19. The normalized spacial score (nSPS) is 11.6. The minimum atomic E-state index is -0.846. The molecule has 0 aromatic heterocycles. The Balaban J connectivity index is 2.61. The molecular formula is C12H15NO4. The second kappa shape index (κ2) is 6.52. The smallest absolute Gasteiger partial charge is 0.405 e. The van der Waals surface area contributed by atoms with Gasteiger partial charge in [0.05, 0.1) is 6.61 Å². The van der Waals surface area contributed by atoms with E-state index in [9.17, 15) is 9.59 Å². The molecule has 0 radical (unpaired) electrons. The van der Waals surface area contributed by atoms with Crippen LogP contribution in [-0.2, 0) is 14.3 Å². The van der Waals surface area contributed by atoms with Crippen LogP contribution in [0, 0.1) is 0 Å². The molecule has 5 heteroatoms. The molecule has 0 saturated heterocycles. The number of hydrogen-bond acceptors (Lipinski definition) is 4. The highest BCUT2D eigenvalue weighted by atomic mass is 16.6. The SMILES string of the molecule is CC(=O)OCCC(OC(N)=O)c1ccccc1. The molecule has 1 atom stereocenters. The van der Waals surface area contributed by atoms with Gasteiger partial charge in [-0.15, -0.1) is 0 Å². The number of nitrogens with two attached hydrogens (primary N) is 1. The lowest BCUT2D eigenvalue weighted by atomic mass is 10.1. The third-order valence-electron chi connectivity index (χ3n) is 2.12. The van der Waals surface area contributed by atoms with Crippen LogP contribution in [0.1, 0.15) is 25.0 Å². The minimum absolute atomic E-state index is 0.183. The predicted octanol–water partition coefficient (Wildman–Crippen LogP) is 1.78. The number of esters is 1. The molecule has 0 fully saturated rings. The maximum Gasteiger partial charge on any atom is 0.405 e. The Morgan fingerprint density at radius 1 is 1.29 bits per heavy atom. The van der Waals surface area contributed by atoms with Crippen LogP contribution in [0.3, 0.4) is 0 Å². The summed E-state index contributed by atoms with van der Waals surface area (Å²) >= 11 is 0. The summed E-state index contributed by atoms with van der Waals surface area (Å²) in [5.74, 6) is -0.365. The summed E-state index contributed by atoms with van der Waals surface area (Å²) in [6.45, 7) is 1.51. The predicted molar refractivity (Wildman–Crippen MR) is 61.1 cm³/mol. The van der Waals surface area contributed by atoms with Crippen molar-refractivity contribution in [3.63, 3.8) is 0 Å². The maximum absolute atomic E-state index is 10.8. The number of hydrogen-bond donors (Lipinski definition) is 1. The van der Waals surface area contributed by atoms with Crippen molar-refractivity contribution in [1.82, 2.24) is 0 Å². The van der Waals surface area contributed by atoms with E-state index in [2.05, 4.69) is 0 Å². The van der Waals surface area contributed by atoms with Crippen LogP contribution in [0.2, 0.25) is 0 Å². The van der Waals surface area contributed by atoms with Crippen LogP contribution >= 0.6 is 0 Å². The van der Waals surface area contributed by atoms with Crippen molar-refractivity contribution in [3.05, 3.63) is 35.9 Å². The molecular weight excluding hydrogens is 222 g/mol. The zero-order chi connectivity index (χ0) is 12.7. The van der Waals surface area contributed by atoms with Gasteiger partial charge in [0.1, 0.15) is 6.10 Å². The third-order valence-corrected chi connectivity index (χ3v) is 2.12. The zero-order valence-corrected chi connectivity index (χ0v) is 9.59. The van der Waals surface area contributed by atoms with Crippen LogP contribution in [0.25, 0.3) is 0 Å². The van der Waals surface area contributed by atoms with E-state index in [0.29, 0.717) is 6.42 Å². The van der Waals surface area contributed by atoms with Crippen LogP contribution in [0.5, 0.6) is 0 Å². The summed E-state index contributed by atoms with van der Waals surface area (Å²) in [7, 11) is 0. The third kappa shape index (κ3) is 5.01. The molecule has 1 amide bonds. The molecule has 0 bridgehead atoms. The number of amides is 1. The lowest BCUT2D eigenvalue weighted by Gasteiger charge is -2.16. The second-order valence-electron chi connectivity index (χ2n) is 3.46. The summed E-state index contributed by atoms with van der Waals surface area (Å²) < 4.78 is 9.77. The highest BCUT2D eigenvalue weighted by molar-refractivity contribution is 5.66. The van der Waals surface area contributed by atoms with Crippen molar-refractivity contribution < 1.29 is 19.1 Å². The number of carbonyl (C=O) groups excluding carboxylic acids is 2. The molecule has 1 rings (SSSR count). The minimum Gasteiger partial charge on any atom is -0.466 e. The van der Waals surface area contributed by atoms with E-state index in [-0.39, 0.29) is 12.6 Å². The molecule has 0 saturated carbocycles. The van der Waals surface area contributed by atoms with Crippen LogP contribution in [0.4, 0.5) is 4.79 Å². The van der Waals surface area contributed by atoms with Gasteiger partial charge in [0.2, 0.25) is 0 Å². The summed E-state index contributed by atoms with van der Waals surface area (Å²) in [5, 5.41) is 0. The topological polar surface area (TPSA) is 78.6 Å². The molecule has 0 spiro atoms. The molecule has 92 valence electrons. The lowest BCUT2D eigenvalue weighted by molar-refractivity contribution is -0.141. The van der Waals surface area contributed by atoms with Crippen molar-refractivity contribution in [1.29, 1.82) is 0 Å². The highest BCUT2D eigenvalue weighted by Crippen LogP contribution is 2.20. The Hall–Kier alpha value is -2.04. The number of ether oxygens (including phenoxy) is 2. The molecule has 2 N–H and O–H groups in total. The standard InChI is InChI=1S/C12H15NO4/c1-9(14)16-8-7-11(17-12(13)15)10-5-3-2-4-6-10/h2-6,11H,7-8H2,1H3,(H2,13,15). The van der Waals surface area contributed by atoms with E-state index < -0.39 is 12.2 Å². The first kappa shape index (κ1) is 13.0. The van der Waals surface area contributed by atoms with E-state index >= 15 is 0 Å². The number of primary amides is 1. The van der Waals surface area contributed by atoms with E-state index in [1.54, 1.807) is 0 Å². The van der Waals surface area contributed by atoms with Crippen molar-refractivity contribution in [3.8, 4) is 0 Å². The Morgan fingerprint density at radius 2 is 1.94 bits per heavy atom. The molecule has 5 nitrogen and oxygen atoms in total. The molecule has 0 aliphatic rings. The molecule has 1 unspecified atom stereocenters. The van der Waals surface area contributed by atoms with E-state index in [4.69, 9.17) is 15.2 Å². The molecule has 0 aliphatic heterocycles. The summed E-state index contributed by atoms with van der Waals surface area (Å²) in [4.78, 5) is 21.4. The largest absolute Gasteiger partial charge is 0.466 e. The van der Waals surface area contributed by atoms with Crippen LogP contribution in [0.15, 0.2) is 30.3 Å². The number of benzene rings is 1. The zero-order valence-electron chi connectivity index (χ0n) is 9.59. The Labute approximate surface area is 99.5 Å². The van der Waals surface area contributed by atoms with Crippen molar-refractivity contribution >= 4 is 12.1 Å². The van der Waals surface area contributed by atoms with Gasteiger partial charge in [0.15, 0.2) is 0 Å². The van der Waals surface area contributed by atoms with Crippen molar-refractivity contribution in [2.75, 3.05) is 6.61 Å². The molecule has 1 aromatic rings. The maximum atomic E-state index is 10.8. The van der Waals surface area contributed by atoms with E-state index in [0.717, 1.165) is 5.56 Å². The molecule has 0 aliphatic carbocycles. The fraction of sp³-hybridized carbons (Fsp3) is 0.333. The Bertz CT molecular complexity index is 377. The monoisotopic (exact) mass is 237 g/mol. The van der Waals surface area contributed by atoms with Gasteiger partial charge >= 0.3 is 12.1 Å². The molecule has 17 heavy (non-hydrogen) atoms. The average molecular weight is 237 g/mol.